The number of H-pyrrole nitrogens is 2. The minimum atomic E-state index is -4.64. The third-order valence-electron chi connectivity index (χ3n) is 17.1. The zero-order valence-corrected chi connectivity index (χ0v) is 54.1. The van der Waals surface area contributed by atoms with Gasteiger partial charge in [0.1, 0.15) is 82.7 Å². The van der Waals surface area contributed by atoms with Gasteiger partial charge in [0.05, 0.1) is 0 Å². The SMILES string of the molecule is O=S(=O)(O)c1ccc(Oc2ccc3c(c2)-c2nc4nc(nc5[nH]c([nH]c6nc(nc-3n2)-c2cc(Oc3ccc(S(=O)(=O)O)c7ccccc37)ccc2-6)c2cc(Oc3ccc(S(=O)(=O)O)c6ccccc36)ccc52)-c2cc(Oc3ccc(S(=O)(=O)O)c5ccccc35)ccc2-4)c2ccccc12. The summed E-state index contributed by atoms with van der Waals surface area (Å²) in [4.78, 5) is 36.7. The normalized spacial score (nSPS) is 12.5. The molecule has 100 heavy (non-hydrogen) atoms. The summed E-state index contributed by atoms with van der Waals surface area (Å²) in [6, 6.07) is 57.5. The third kappa shape index (κ3) is 10.8. The molecule has 5 heterocycles. The van der Waals surface area contributed by atoms with Crippen LogP contribution in [-0.4, -0.2) is 91.8 Å². The lowest BCUT2D eigenvalue weighted by Crippen LogP contribution is -1.99. The third-order valence-corrected chi connectivity index (χ3v) is 20.8. The first-order chi connectivity index (χ1) is 48.0. The van der Waals surface area contributed by atoms with Gasteiger partial charge in [0.25, 0.3) is 40.5 Å². The predicted octanol–water partition coefficient (Wildman–Crippen LogP) is 15.5. The Morgan fingerprint density at radius 1 is 0.260 bits per heavy atom. The molecule has 490 valence electrons. The van der Waals surface area contributed by atoms with Gasteiger partial charge in [0.2, 0.25) is 0 Å². The van der Waals surface area contributed by atoms with Gasteiger partial charge in [0.15, 0.2) is 29.1 Å². The minimum Gasteiger partial charge on any atom is -0.457 e. The lowest BCUT2D eigenvalue weighted by atomic mass is 10.1. The second-order valence-electron chi connectivity index (χ2n) is 23.2. The first-order valence-electron chi connectivity index (χ1n) is 30.1. The Morgan fingerprint density at radius 2 is 0.560 bits per heavy atom. The summed E-state index contributed by atoms with van der Waals surface area (Å²) >= 11 is 0. The lowest BCUT2D eigenvalue weighted by molar-refractivity contribution is 0.479. The van der Waals surface area contributed by atoms with Crippen molar-refractivity contribution in [3.8, 4) is 114 Å². The maximum Gasteiger partial charge on any atom is 0.295 e. The van der Waals surface area contributed by atoms with Crippen molar-refractivity contribution in [1.82, 2.24) is 39.9 Å². The van der Waals surface area contributed by atoms with Crippen LogP contribution in [0, 0.1) is 0 Å². The Balaban J connectivity index is 0.886. The van der Waals surface area contributed by atoms with Gasteiger partial charge in [0, 0.05) is 87.2 Å². The maximum absolute atomic E-state index is 12.5. The summed E-state index contributed by atoms with van der Waals surface area (Å²) in [5, 5.41) is 3.46. The van der Waals surface area contributed by atoms with Crippen LogP contribution in [0.3, 0.4) is 0 Å². The Kier molecular flexibility index (Phi) is 14.0. The van der Waals surface area contributed by atoms with Crippen LogP contribution in [0.1, 0.15) is 0 Å². The highest BCUT2D eigenvalue weighted by Crippen LogP contribution is 2.46. The Hall–Kier alpha value is -12.1. The van der Waals surface area contributed by atoms with E-state index in [0.29, 0.717) is 77.1 Å². The van der Waals surface area contributed by atoms with Gasteiger partial charge in [-0.25, -0.2) is 29.9 Å². The summed E-state index contributed by atoms with van der Waals surface area (Å²) in [6.07, 6.45) is 0. The zero-order valence-electron chi connectivity index (χ0n) is 50.8. The molecule has 0 radical (unpaired) electrons. The largest absolute Gasteiger partial charge is 0.457 e. The average molecular weight is 1400 g/mol. The molecule has 3 aliphatic heterocycles. The summed E-state index contributed by atoms with van der Waals surface area (Å²) in [7, 11) is -18.5. The van der Waals surface area contributed by atoms with Crippen molar-refractivity contribution in [1.29, 1.82) is 0 Å². The van der Waals surface area contributed by atoms with E-state index in [2.05, 4.69) is 9.97 Å². The molecule has 3 aliphatic rings. The quantitative estimate of drug-likeness (QED) is 0.0619. The summed E-state index contributed by atoms with van der Waals surface area (Å²) in [6.45, 7) is 0. The molecular formula is C72H42N8O16S4. The zero-order chi connectivity index (χ0) is 68.7. The molecule has 17 rings (SSSR count). The fourth-order valence-electron chi connectivity index (χ4n) is 12.7. The van der Waals surface area contributed by atoms with Crippen LogP contribution < -0.4 is 18.9 Å². The van der Waals surface area contributed by atoms with Crippen LogP contribution in [-0.2, 0) is 40.5 Å². The van der Waals surface area contributed by atoms with Crippen molar-refractivity contribution in [2.45, 2.75) is 19.6 Å². The van der Waals surface area contributed by atoms with Crippen LogP contribution in [0.4, 0.5) is 0 Å². The number of aromatic amines is 2. The average Bonchev–Trinajstić information content (AvgIpc) is 1.72. The van der Waals surface area contributed by atoms with E-state index in [9.17, 15) is 51.9 Å². The molecule has 2 aromatic heterocycles. The van der Waals surface area contributed by atoms with E-state index in [1.807, 2.05) is 0 Å². The first kappa shape index (κ1) is 61.5. The second kappa shape index (κ2) is 22.7. The van der Waals surface area contributed by atoms with Gasteiger partial charge in [-0.1, -0.05) is 97.1 Å². The number of ether oxygens (including phenoxy) is 4. The molecule has 0 spiro atoms. The van der Waals surface area contributed by atoms with Gasteiger partial charge >= 0.3 is 0 Å². The molecule has 0 saturated heterocycles. The lowest BCUT2D eigenvalue weighted by Gasteiger charge is -2.12. The topological polar surface area (TPSA) is 363 Å². The minimum absolute atomic E-state index is 0.105. The van der Waals surface area contributed by atoms with Crippen molar-refractivity contribution in [2.24, 2.45) is 0 Å². The number of hydrogen-bond donors (Lipinski definition) is 6. The van der Waals surface area contributed by atoms with Gasteiger partial charge in [-0.3, -0.25) is 18.2 Å². The van der Waals surface area contributed by atoms with E-state index in [4.69, 9.17) is 48.9 Å². The number of nitrogens with zero attached hydrogens (tertiary/aromatic N) is 6. The molecule has 0 saturated carbocycles. The molecule has 0 unspecified atom stereocenters. The predicted molar refractivity (Wildman–Crippen MR) is 370 cm³/mol. The number of hydrogen-bond acceptors (Lipinski definition) is 18. The maximum atomic E-state index is 12.5. The molecule has 14 aromatic rings. The van der Waals surface area contributed by atoms with E-state index in [1.165, 1.54) is 48.5 Å². The van der Waals surface area contributed by atoms with Crippen LogP contribution in [0.2, 0.25) is 0 Å². The van der Waals surface area contributed by atoms with Crippen molar-refractivity contribution in [3.63, 3.8) is 0 Å². The number of aromatic nitrogens is 8. The van der Waals surface area contributed by atoms with Crippen LogP contribution in [0.5, 0.6) is 46.0 Å². The highest BCUT2D eigenvalue weighted by Gasteiger charge is 2.29. The van der Waals surface area contributed by atoms with Crippen LogP contribution >= 0.6 is 0 Å². The summed E-state index contributed by atoms with van der Waals surface area (Å²) in [5.74, 6) is 3.06. The van der Waals surface area contributed by atoms with Crippen molar-refractivity contribution in [2.75, 3.05) is 0 Å². The molecule has 0 atom stereocenters. The number of nitrogens with one attached hydrogen (secondary N) is 2. The first-order valence-corrected chi connectivity index (χ1v) is 35.9. The Labute approximate surface area is 565 Å². The molecule has 0 amide bonds. The van der Waals surface area contributed by atoms with Crippen LogP contribution in [0.25, 0.3) is 133 Å². The Bertz CT molecular complexity index is 6710. The van der Waals surface area contributed by atoms with E-state index >= 15 is 0 Å². The van der Waals surface area contributed by atoms with E-state index in [1.54, 1.807) is 170 Å². The molecule has 28 heteroatoms. The second-order valence-corrected chi connectivity index (χ2v) is 28.7. The number of benzene rings is 12. The van der Waals surface area contributed by atoms with E-state index in [-0.39, 0.29) is 122 Å². The van der Waals surface area contributed by atoms with Crippen molar-refractivity contribution >= 4 is 106 Å². The van der Waals surface area contributed by atoms with Gasteiger partial charge in [-0.05, 0) is 121 Å². The highest BCUT2D eigenvalue weighted by atomic mass is 32.2. The van der Waals surface area contributed by atoms with Gasteiger partial charge in [-0.2, -0.15) is 33.7 Å². The summed E-state index contributed by atoms with van der Waals surface area (Å²) < 4.78 is 167. The Morgan fingerprint density at radius 3 is 0.930 bits per heavy atom. The molecule has 6 N–H and O–H groups in total. The monoisotopic (exact) mass is 1400 g/mol. The molecule has 12 aromatic carbocycles. The standard InChI is InChI=1S/C72H42N8O16S4/c81-97(82,83)61-29-25-57(41-9-1-5-13-45(41)61)93-37-17-21-49-53(33-37)69-73-65(49)78-70-55-35-39(95-59-27-31-63(99(87,88)89)47-15-7-3-11-43(47)59)19-23-51(55)67(75-70)80-72-56-36-40(96-60-28-32-64(100(90,91)92)48-16-8-4-12-44(48)60)20-24-52(56)68(76-72)79-71-54-34-38(18-22-50(54)66(74-71)77-69)94-58-26-30-62(98(84,85)86)46-14-6-2-10-42(46)58/h1-36H,(H,81,82,83)(H,84,85,86)(H,87,88,89)(H,90,91,92)(H2,73,74,75,76,77,78,79,80). The van der Waals surface area contributed by atoms with Gasteiger partial charge in [-0.15, -0.1) is 0 Å². The molecule has 0 fully saturated rings. The highest BCUT2D eigenvalue weighted by molar-refractivity contribution is 7.86. The van der Waals surface area contributed by atoms with Gasteiger partial charge < -0.3 is 28.9 Å². The fourth-order valence-corrected chi connectivity index (χ4v) is 15.5. The van der Waals surface area contributed by atoms with Crippen molar-refractivity contribution in [3.05, 3.63) is 218 Å². The number of fused-ring (bicyclic) bond motifs is 24. The molecular weight excluding hydrogens is 1360 g/mol. The van der Waals surface area contributed by atoms with Crippen molar-refractivity contribution < 1.29 is 70.8 Å². The number of rotatable bonds is 12. The molecule has 0 aliphatic carbocycles. The molecule has 8 bridgehead atoms. The van der Waals surface area contributed by atoms with E-state index in [0.717, 1.165) is 0 Å². The summed E-state index contributed by atoms with van der Waals surface area (Å²) in [5.41, 5.74) is 3.33. The molecule has 24 nitrogen and oxygen atoms in total. The van der Waals surface area contributed by atoms with E-state index < -0.39 is 40.5 Å². The fraction of sp³-hybridized carbons (Fsp3) is 0. The van der Waals surface area contributed by atoms with Crippen LogP contribution in [0.15, 0.2) is 238 Å². The smallest absolute Gasteiger partial charge is 0.295 e.